The number of carboxylic acid groups (broad SMARTS) is 1. The van der Waals surface area contributed by atoms with Crippen LogP contribution in [-0.4, -0.2) is 11.1 Å². The number of carboxylic acids is 1. The Balaban J connectivity index is 3.07. The van der Waals surface area contributed by atoms with Gasteiger partial charge in [-0.2, -0.15) is 0 Å². The van der Waals surface area contributed by atoms with E-state index in [2.05, 4.69) is 15.9 Å². The van der Waals surface area contributed by atoms with Crippen molar-refractivity contribution in [1.29, 1.82) is 0 Å². The molecule has 1 aromatic carbocycles. The molecular formula is C12H12BrFO2. The molecule has 16 heavy (non-hydrogen) atoms. The smallest absolute Gasteiger partial charge is 0.307 e. The number of hydrogen-bond donors (Lipinski definition) is 1. The number of halogens is 2. The molecule has 0 bridgehead atoms. The summed E-state index contributed by atoms with van der Waals surface area (Å²) in [5, 5.41) is 8.58. The average molecular weight is 287 g/mol. The molecule has 0 aliphatic heterocycles. The van der Waals surface area contributed by atoms with Crippen molar-refractivity contribution in [2.75, 3.05) is 0 Å². The molecule has 0 saturated heterocycles. The first kappa shape index (κ1) is 12.9. The molecule has 0 unspecified atom stereocenters. The summed E-state index contributed by atoms with van der Waals surface area (Å²) < 4.78 is 14.3. The summed E-state index contributed by atoms with van der Waals surface area (Å²) in [5.74, 6) is -1.25. The second-order valence-electron chi connectivity index (χ2n) is 3.30. The van der Waals surface area contributed by atoms with E-state index in [1.807, 2.05) is 6.92 Å². The molecule has 1 rings (SSSR count). The Morgan fingerprint density at radius 2 is 2.25 bits per heavy atom. The quantitative estimate of drug-likeness (QED) is 0.913. The van der Waals surface area contributed by atoms with Gasteiger partial charge in [0.05, 0.1) is 6.42 Å². The van der Waals surface area contributed by atoms with Gasteiger partial charge in [0.1, 0.15) is 5.82 Å². The van der Waals surface area contributed by atoms with Crippen molar-refractivity contribution in [2.24, 2.45) is 0 Å². The molecule has 1 N–H and O–H groups in total. The van der Waals surface area contributed by atoms with Gasteiger partial charge >= 0.3 is 5.97 Å². The van der Waals surface area contributed by atoms with Gasteiger partial charge in [-0.25, -0.2) is 4.39 Å². The number of aliphatic carboxylic acids is 1. The van der Waals surface area contributed by atoms with Crippen molar-refractivity contribution >= 4 is 27.5 Å². The molecule has 0 fully saturated rings. The van der Waals surface area contributed by atoms with E-state index in [1.54, 1.807) is 18.2 Å². The molecule has 0 aliphatic rings. The average Bonchev–Trinajstić information content (AvgIpc) is 2.23. The molecule has 1 aromatic rings. The van der Waals surface area contributed by atoms with Crippen molar-refractivity contribution in [3.8, 4) is 0 Å². The van der Waals surface area contributed by atoms with Crippen LogP contribution in [0.3, 0.4) is 0 Å². The summed E-state index contributed by atoms with van der Waals surface area (Å²) in [7, 11) is 0. The molecule has 0 amide bonds. The third kappa shape index (κ3) is 3.45. The Hall–Kier alpha value is -1.16. The lowest BCUT2D eigenvalue weighted by atomic mass is 10.0. The van der Waals surface area contributed by atoms with Crippen molar-refractivity contribution in [3.05, 3.63) is 40.1 Å². The number of allylic oxidation sites excluding steroid dienone is 1. The van der Waals surface area contributed by atoms with Crippen LogP contribution in [0.25, 0.3) is 5.57 Å². The first-order valence-electron chi connectivity index (χ1n) is 4.90. The predicted molar refractivity (Wildman–Crippen MR) is 64.6 cm³/mol. The largest absolute Gasteiger partial charge is 0.481 e. The minimum Gasteiger partial charge on any atom is -0.481 e. The Bertz CT molecular complexity index is 427. The Kier molecular flexibility index (Phi) is 4.68. The molecule has 0 spiro atoms. The Labute approximate surface area is 102 Å². The van der Waals surface area contributed by atoms with Gasteiger partial charge in [0.25, 0.3) is 0 Å². The Morgan fingerprint density at radius 1 is 1.56 bits per heavy atom. The molecule has 86 valence electrons. The van der Waals surface area contributed by atoms with E-state index >= 15 is 0 Å². The van der Waals surface area contributed by atoms with E-state index in [0.717, 1.165) is 4.47 Å². The lowest BCUT2D eigenvalue weighted by Gasteiger charge is -2.06. The highest BCUT2D eigenvalue weighted by atomic mass is 79.9. The summed E-state index contributed by atoms with van der Waals surface area (Å²) in [6.45, 7) is 1.87. The summed E-state index contributed by atoms with van der Waals surface area (Å²) in [4.78, 5) is 10.5. The van der Waals surface area contributed by atoms with Crippen LogP contribution in [0, 0.1) is 5.82 Å². The zero-order chi connectivity index (χ0) is 12.1. The maximum absolute atomic E-state index is 13.5. The molecule has 0 heterocycles. The molecule has 0 aromatic heterocycles. The van der Waals surface area contributed by atoms with Gasteiger partial charge in [0.2, 0.25) is 0 Å². The summed E-state index contributed by atoms with van der Waals surface area (Å²) in [5.41, 5.74) is 1.17. The highest BCUT2D eigenvalue weighted by molar-refractivity contribution is 9.10. The number of hydrogen-bond acceptors (Lipinski definition) is 1. The van der Waals surface area contributed by atoms with E-state index in [0.29, 0.717) is 17.6 Å². The normalized spacial score (nSPS) is 11.6. The van der Waals surface area contributed by atoms with E-state index < -0.39 is 5.97 Å². The van der Waals surface area contributed by atoms with Crippen LogP contribution in [0.5, 0.6) is 0 Å². The monoisotopic (exact) mass is 286 g/mol. The fraction of sp³-hybridized carbons (Fsp3) is 0.250. The third-order valence-corrected chi connectivity index (χ3v) is 2.67. The molecule has 4 heteroatoms. The van der Waals surface area contributed by atoms with Gasteiger partial charge in [-0.05, 0) is 30.2 Å². The van der Waals surface area contributed by atoms with Crippen LogP contribution in [-0.2, 0) is 4.79 Å². The molecular weight excluding hydrogens is 275 g/mol. The van der Waals surface area contributed by atoms with E-state index in [9.17, 15) is 9.18 Å². The summed E-state index contributed by atoms with van der Waals surface area (Å²) in [6, 6.07) is 4.64. The number of carbonyl (C=O) groups is 1. The van der Waals surface area contributed by atoms with Gasteiger partial charge in [-0.1, -0.05) is 28.9 Å². The van der Waals surface area contributed by atoms with Gasteiger partial charge in [0, 0.05) is 10.0 Å². The maximum Gasteiger partial charge on any atom is 0.307 e. The van der Waals surface area contributed by atoms with E-state index in [1.165, 1.54) is 6.07 Å². The van der Waals surface area contributed by atoms with Crippen LogP contribution in [0.4, 0.5) is 4.39 Å². The minimum atomic E-state index is -0.915. The van der Waals surface area contributed by atoms with Crippen LogP contribution in [0.15, 0.2) is 28.7 Å². The van der Waals surface area contributed by atoms with Crippen LogP contribution in [0.2, 0.25) is 0 Å². The van der Waals surface area contributed by atoms with Crippen molar-refractivity contribution < 1.29 is 14.3 Å². The van der Waals surface area contributed by atoms with Gasteiger partial charge in [-0.3, -0.25) is 4.79 Å². The molecule has 0 atom stereocenters. The first-order valence-corrected chi connectivity index (χ1v) is 5.70. The zero-order valence-corrected chi connectivity index (χ0v) is 10.4. The lowest BCUT2D eigenvalue weighted by Crippen LogP contribution is -1.94. The number of benzene rings is 1. The Morgan fingerprint density at radius 3 is 2.81 bits per heavy atom. The predicted octanol–water partition coefficient (Wildman–Crippen LogP) is 3.86. The van der Waals surface area contributed by atoms with Crippen molar-refractivity contribution in [3.63, 3.8) is 0 Å². The molecule has 0 radical (unpaired) electrons. The highest BCUT2D eigenvalue weighted by Crippen LogP contribution is 2.25. The fourth-order valence-corrected chi connectivity index (χ4v) is 1.76. The molecule has 0 aliphatic carbocycles. The minimum absolute atomic E-state index is 0.0882. The summed E-state index contributed by atoms with van der Waals surface area (Å²) in [6.07, 6.45) is 2.06. The first-order chi connectivity index (χ1) is 7.54. The van der Waals surface area contributed by atoms with Gasteiger partial charge < -0.3 is 5.11 Å². The third-order valence-electron chi connectivity index (χ3n) is 2.18. The zero-order valence-electron chi connectivity index (χ0n) is 8.84. The second kappa shape index (κ2) is 5.80. The maximum atomic E-state index is 13.5. The standard InChI is InChI=1S/C12H12BrFO2/c1-2-8(3-6-12(15)16)10-7-9(13)4-5-11(10)14/h3-5,7H,2,6H2,1H3,(H,15,16)/b8-3+. The fourth-order valence-electron chi connectivity index (χ4n) is 1.40. The SMILES string of the molecule is CC/C(=C\CC(=O)O)c1cc(Br)ccc1F. The second-order valence-corrected chi connectivity index (χ2v) is 4.22. The van der Waals surface area contributed by atoms with Crippen LogP contribution >= 0.6 is 15.9 Å². The summed E-state index contributed by atoms with van der Waals surface area (Å²) >= 11 is 3.26. The van der Waals surface area contributed by atoms with Crippen LogP contribution < -0.4 is 0 Å². The molecule has 0 saturated carbocycles. The number of rotatable bonds is 4. The van der Waals surface area contributed by atoms with Crippen LogP contribution in [0.1, 0.15) is 25.3 Å². The molecule has 2 nitrogen and oxygen atoms in total. The van der Waals surface area contributed by atoms with E-state index in [4.69, 9.17) is 5.11 Å². The lowest BCUT2D eigenvalue weighted by molar-refractivity contribution is -0.135. The topological polar surface area (TPSA) is 37.3 Å². The van der Waals surface area contributed by atoms with Gasteiger partial charge in [-0.15, -0.1) is 0 Å². The van der Waals surface area contributed by atoms with Gasteiger partial charge in [0.15, 0.2) is 0 Å². The van der Waals surface area contributed by atoms with Crippen molar-refractivity contribution in [1.82, 2.24) is 0 Å². The van der Waals surface area contributed by atoms with E-state index in [-0.39, 0.29) is 12.2 Å². The highest BCUT2D eigenvalue weighted by Gasteiger charge is 2.07. The van der Waals surface area contributed by atoms with Crippen molar-refractivity contribution in [2.45, 2.75) is 19.8 Å².